The van der Waals surface area contributed by atoms with Gasteiger partial charge in [-0.15, -0.1) is 0 Å². The normalized spacial score (nSPS) is 13.5. The lowest BCUT2D eigenvalue weighted by atomic mass is 9.92. The molecular formula is C15H25FN2O. The van der Waals surface area contributed by atoms with Crippen molar-refractivity contribution < 1.29 is 9.50 Å². The van der Waals surface area contributed by atoms with E-state index in [9.17, 15) is 9.50 Å². The van der Waals surface area contributed by atoms with Crippen molar-refractivity contribution in [2.75, 3.05) is 6.54 Å². The lowest BCUT2D eigenvalue weighted by molar-refractivity contribution is 0.0195. The van der Waals surface area contributed by atoms with Crippen LogP contribution in [-0.4, -0.2) is 22.2 Å². The monoisotopic (exact) mass is 268 g/mol. The molecule has 0 spiro atoms. The number of hydrogen-bond donors (Lipinski definition) is 2. The molecule has 1 atom stereocenters. The summed E-state index contributed by atoms with van der Waals surface area (Å²) in [6, 6.07) is 3.08. The van der Waals surface area contributed by atoms with E-state index >= 15 is 0 Å². The van der Waals surface area contributed by atoms with Crippen LogP contribution >= 0.6 is 0 Å². The highest BCUT2D eigenvalue weighted by Gasteiger charge is 2.25. The summed E-state index contributed by atoms with van der Waals surface area (Å²) in [7, 11) is 0. The molecule has 2 N–H and O–H groups in total. The van der Waals surface area contributed by atoms with E-state index in [4.69, 9.17) is 0 Å². The van der Waals surface area contributed by atoms with Crippen molar-refractivity contribution in [3.63, 3.8) is 0 Å². The Morgan fingerprint density at radius 3 is 2.42 bits per heavy atom. The zero-order chi connectivity index (χ0) is 14.3. The van der Waals surface area contributed by atoms with Crippen LogP contribution < -0.4 is 5.32 Å². The second-order valence-corrected chi connectivity index (χ2v) is 5.23. The summed E-state index contributed by atoms with van der Waals surface area (Å²) in [5.41, 5.74) is 0.134. The molecule has 3 nitrogen and oxygen atoms in total. The Kier molecular flexibility index (Phi) is 6.38. The molecule has 19 heavy (non-hydrogen) atoms. The van der Waals surface area contributed by atoms with Gasteiger partial charge in [-0.2, -0.15) is 0 Å². The van der Waals surface area contributed by atoms with Crippen LogP contribution in [0.15, 0.2) is 18.3 Å². The van der Waals surface area contributed by atoms with E-state index in [1.54, 1.807) is 6.07 Å². The fourth-order valence-electron chi connectivity index (χ4n) is 2.32. The first-order valence-corrected chi connectivity index (χ1v) is 7.08. The fraction of sp³-hybridized carbons (Fsp3) is 0.667. The van der Waals surface area contributed by atoms with E-state index in [1.165, 1.54) is 12.3 Å². The first-order chi connectivity index (χ1) is 9.00. The van der Waals surface area contributed by atoms with Gasteiger partial charge in [0, 0.05) is 12.6 Å². The van der Waals surface area contributed by atoms with E-state index in [-0.39, 0.29) is 11.9 Å². The molecule has 1 rings (SSSR count). The Labute approximate surface area is 115 Å². The molecule has 0 amide bonds. The third-order valence-corrected chi connectivity index (χ3v) is 3.36. The molecule has 1 aromatic rings. The van der Waals surface area contributed by atoms with Crippen LogP contribution in [0, 0.1) is 5.82 Å². The minimum absolute atomic E-state index is 0.000775. The zero-order valence-corrected chi connectivity index (χ0v) is 12.1. The molecule has 0 aliphatic carbocycles. The van der Waals surface area contributed by atoms with Crippen LogP contribution in [0.1, 0.15) is 58.2 Å². The molecule has 0 aliphatic heterocycles. The van der Waals surface area contributed by atoms with Gasteiger partial charge >= 0.3 is 0 Å². The van der Waals surface area contributed by atoms with Gasteiger partial charge in [-0.3, -0.25) is 4.98 Å². The van der Waals surface area contributed by atoms with Crippen LogP contribution in [-0.2, 0) is 0 Å². The van der Waals surface area contributed by atoms with Crippen molar-refractivity contribution in [3.8, 4) is 0 Å². The first kappa shape index (κ1) is 16.1. The molecule has 108 valence electrons. The molecule has 4 heteroatoms. The summed E-state index contributed by atoms with van der Waals surface area (Å²) < 4.78 is 12.8. The predicted octanol–water partition coefficient (Wildman–Crippen LogP) is 3.20. The smallest absolute Gasteiger partial charge is 0.141 e. The van der Waals surface area contributed by atoms with Crippen molar-refractivity contribution >= 4 is 0 Å². The first-order valence-electron chi connectivity index (χ1n) is 7.08. The number of halogens is 1. The minimum atomic E-state index is -0.655. The Morgan fingerprint density at radius 2 is 1.95 bits per heavy atom. The average molecular weight is 268 g/mol. The van der Waals surface area contributed by atoms with Crippen LogP contribution in [0.3, 0.4) is 0 Å². The van der Waals surface area contributed by atoms with E-state index in [2.05, 4.69) is 24.1 Å². The SMILES string of the molecule is CCCC(O)(CCC)CNC(C)c1ccc(F)cn1. The van der Waals surface area contributed by atoms with E-state index in [1.807, 2.05) is 6.92 Å². The number of nitrogens with zero attached hydrogens (tertiary/aromatic N) is 1. The Hall–Kier alpha value is -1.00. The third-order valence-electron chi connectivity index (χ3n) is 3.36. The van der Waals surface area contributed by atoms with Gasteiger partial charge in [0.25, 0.3) is 0 Å². The van der Waals surface area contributed by atoms with Gasteiger partial charge in [-0.05, 0) is 31.9 Å². The highest BCUT2D eigenvalue weighted by molar-refractivity contribution is 5.09. The quantitative estimate of drug-likeness (QED) is 0.761. The van der Waals surface area contributed by atoms with Crippen molar-refractivity contribution in [2.45, 2.75) is 58.1 Å². The van der Waals surface area contributed by atoms with E-state index in [0.29, 0.717) is 6.54 Å². The van der Waals surface area contributed by atoms with Gasteiger partial charge in [0.15, 0.2) is 0 Å². The van der Waals surface area contributed by atoms with Crippen LogP contribution in [0.4, 0.5) is 4.39 Å². The molecule has 0 bridgehead atoms. The average Bonchev–Trinajstić information content (AvgIpc) is 2.37. The standard InChI is InChI=1S/C15H25FN2O/c1-4-8-15(19,9-5-2)11-18-12(3)14-7-6-13(16)10-17-14/h6-7,10,12,18-19H,4-5,8-9,11H2,1-3H3. The summed E-state index contributed by atoms with van der Waals surface area (Å²) in [4.78, 5) is 4.05. The van der Waals surface area contributed by atoms with Crippen LogP contribution in [0.2, 0.25) is 0 Å². The van der Waals surface area contributed by atoms with Gasteiger partial charge in [0.05, 0.1) is 17.5 Å². The molecule has 0 aliphatic rings. The Balaban J connectivity index is 2.56. The summed E-state index contributed by atoms with van der Waals surface area (Å²) in [5, 5.41) is 13.8. The number of pyridine rings is 1. The molecule has 0 saturated heterocycles. The lowest BCUT2D eigenvalue weighted by Gasteiger charge is -2.29. The van der Waals surface area contributed by atoms with Gasteiger partial charge < -0.3 is 10.4 Å². The maximum Gasteiger partial charge on any atom is 0.141 e. The van der Waals surface area contributed by atoms with E-state index in [0.717, 1.165) is 31.4 Å². The van der Waals surface area contributed by atoms with Crippen LogP contribution in [0.25, 0.3) is 0 Å². The van der Waals surface area contributed by atoms with Crippen LogP contribution in [0.5, 0.6) is 0 Å². The maximum atomic E-state index is 12.8. The topological polar surface area (TPSA) is 45.1 Å². The van der Waals surface area contributed by atoms with Gasteiger partial charge in [0.1, 0.15) is 5.82 Å². The molecule has 1 unspecified atom stereocenters. The van der Waals surface area contributed by atoms with Crippen molar-refractivity contribution in [3.05, 3.63) is 29.8 Å². The number of nitrogens with one attached hydrogen (secondary N) is 1. The Bertz CT molecular complexity index is 361. The van der Waals surface area contributed by atoms with Crippen molar-refractivity contribution in [1.82, 2.24) is 10.3 Å². The number of rotatable bonds is 8. The second-order valence-electron chi connectivity index (χ2n) is 5.23. The van der Waals surface area contributed by atoms with Gasteiger partial charge in [-0.25, -0.2) is 4.39 Å². The van der Waals surface area contributed by atoms with Crippen molar-refractivity contribution in [1.29, 1.82) is 0 Å². The highest BCUT2D eigenvalue weighted by atomic mass is 19.1. The third kappa shape index (κ3) is 5.25. The molecule has 1 aromatic heterocycles. The summed E-state index contributed by atoms with van der Waals surface area (Å²) in [6.45, 7) is 6.66. The number of aromatic nitrogens is 1. The van der Waals surface area contributed by atoms with Crippen molar-refractivity contribution in [2.24, 2.45) is 0 Å². The number of hydrogen-bond acceptors (Lipinski definition) is 3. The molecule has 0 fully saturated rings. The molecule has 1 heterocycles. The number of aliphatic hydroxyl groups is 1. The molecule has 0 radical (unpaired) electrons. The van der Waals surface area contributed by atoms with Gasteiger partial charge in [0.2, 0.25) is 0 Å². The largest absolute Gasteiger partial charge is 0.389 e. The molecular weight excluding hydrogens is 243 g/mol. The minimum Gasteiger partial charge on any atom is -0.389 e. The Morgan fingerprint density at radius 1 is 1.32 bits per heavy atom. The summed E-state index contributed by atoms with van der Waals surface area (Å²) >= 11 is 0. The maximum absolute atomic E-state index is 12.8. The summed E-state index contributed by atoms with van der Waals surface area (Å²) in [6.07, 6.45) is 4.72. The fourth-order valence-corrected chi connectivity index (χ4v) is 2.32. The molecule has 0 saturated carbocycles. The summed E-state index contributed by atoms with van der Waals surface area (Å²) in [5.74, 6) is -0.329. The van der Waals surface area contributed by atoms with Gasteiger partial charge in [-0.1, -0.05) is 26.7 Å². The highest BCUT2D eigenvalue weighted by Crippen LogP contribution is 2.20. The zero-order valence-electron chi connectivity index (χ0n) is 12.1. The van der Waals surface area contributed by atoms with E-state index < -0.39 is 5.60 Å². The predicted molar refractivity (Wildman–Crippen MR) is 75.4 cm³/mol. The second kappa shape index (κ2) is 7.56. The molecule has 0 aromatic carbocycles. The lowest BCUT2D eigenvalue weighted by Crippen LogP contribution is -2.41.